The van der Waals surface area contributed by atoms with Crippen LogP contribution in [0.5, 0.6) is 0 Å². The van der Waals surface area contributed by atoms with Crippen molar-refractivity contribution in [3.63, 3.8) is 0 Å². The topological polar surface area (TPSA) is 34.6 Å². The first kappa shape index (κ1) is 14.4. The maximum absolute atomic E-state index is 4.68. The number of guanidine groups is 1. The number of benzene rings is 1. The average molecular weight is 272 g/mol. The molecule has 2 aromatic rings. The summed E-state index contributed by atoms with van der Waals surface area (Å²) in [7, 11) is 8.08. The first-order valence-electron chi connectivity index (χ1n) is 6.94. The summed E-state index contributed by atoms with van der Waals surface area (Å²) in [6.45, 7) is 2.91. The van der Waals surface area contributed by atoms with Gasteiger partial charge in [0.25, 0.3) is 0 Å². The van der Waals surface area contributed by atoms with Crippen LogP contribution in [0.1, 0.15) is 11.1 Å². The molecule has 0 aliphatic heterocycles. The number of nitrogens with one attached hydrogen (secondary N) is 1. The monoisotopic (exact) mass is 272 g/mol. The van der Waals surface area contributed by atoms with E-state index in [0.717, 1.165) is 18.9 Å². The second-order valence-corrected chi connectivity index (χ2v) is 5.58. The van der Waals surface area contributed by atoms with E-state index >= 15 is 0 Å². The molecule has 0 saturated carbocycles. The molecule has 0 unspecified atom stereocenters. The molecular formula is C16H24N4. The molecule has 4 heteroatoms. The Hall–Kier alpha value is -1.97. The number of aromatic amines is 1. The van der Waals surface area contributed by atoms with Gasteiger partial charge in [-0.2, -0.15) is 0 Å². The molecule has 1 aromatic carbocycles. The van der Waals surface area contributed by atoms with Crippen molar-refractivity contribution in [1.29, 1.82) is 0 Å². The van der Waals surface area contributed by atoms with E-state index in [2.05, 4.69) is 41.3 Å². The molecule has 2 rings (SSSR count). The van der Waals surface area contributed by atoms with Gasteiger partial charge in [0.15, 0.2) is 5.96 Å². The molecule has 0 fully saturated rings. The van der Waals surface area contributed by atoms with E-state index in [4.69, 9.17) is 0 Å². The summed E-state index contributed by atoms with van der Waals surface area (Å²) in [5, 5.41) is 1.31. The van der Waals surface area contributed by atoms with Gasteiger partial charge in [-0.15, -0.1) is 0 Å². The van der Waals surface area contributed by atoms with Crippen molar-refractivity contribution < 1.29 is 0 Å². The lowest BCUT2D eigenvalue weighted by Gasteiger charge is -2.22. The highest BCUT2D eigenvalue weighted by Crippen LogP contribution is 2.19. The number of fused-ring (bicyclic) bond motifs is 1. The van der Waals surface area contributed by atoms with Crippen molar-refractivity contribution in [2.45, 2.75) is 13.3 Å². The van der Waals surface area contributed by atoms with Gasteiger partial charge in [-0.25, -0.2) is 0 Å². The summed E-state index contributed by atoms with van der Waals surface area (Å²) in [6, 6.07) is 6.54. The van der Waals surface area contributed by atoms with E-state index in [-0.39, 0.29) is 0 Å². The van der Waals surface area contributed by atoms with Crippen LogP contribution >= 0.6 is 0 Å². The lowest BCUT2D eigenvalue weighted by Crippen LogP contribution is -2.35. The fraction of sp³-hybridized carbons (Fsp3) is 0.438. The maximum Gasteiger partial charge on any atom is 0.195 e. The molecular weight excluding hydrogens is 248 g/mol. The van der Waals surface area contributed by atoms with Crippen molar-refractivity contribution in [2.75, 3.05) is 34.7 Å². The molecule has 0 saturated heterocycles. The summed E-state index contributed by atoms with van der Waals surface area (Å²) < 4.78 is 0. The van der Waals surface area contributed by atoms with E-state index in [1.54, 1.807) is 0 Å². The van der Waals surface area contributed by atoms with E-state index < -0.39 is 0 Å². The Balaban J connectivity index is 2.11. The molecule has 0 spiro atoms. The van der Waals surface area contributed by atoms with Gasteiger partial charge in [0.1, 0.15) is 0 Å². The molecule has 0 radical (unpaired) electrons. The highest BCUT2D eigenvalue weighted by atomic mass is 15.3. The summed E-state index contributed by atoms with van der Waals surface area (Å²) in [4.78, 5) is 12.1. The molecule has 0 aliphatic carbocycles. The van der Waals surface area contributed by atoms with Crippen LogP contribution in [0, 0.1) is 6.92 Å². The van der Waals surface area contributed by atoms with Gasteiger partial charge in [-0.1, -0.05) is 12.1 Å². The number of H-pyrrole nitrogens is 1. The number of aryl methyl sites for hydroxylation is 1. The molecule has 1 N–H and O–H groups in total. The van der Waals surface area contributed by atoms with Crippen molar-refractivity contribution >= 4 is 16.9 Å². The van der Waals surface area contributed by atoms with Gasteiger partial charge in [-0.05, 0) is 30.5 Å². The zero-order valence-electron chi connectivity index (χ0n) is 13.1. The van der Waals surface area contributed by atoms with E-state index in [1.165, 1.54) is 22.0 Å². The molecule has 0 atom stereocenters. The molecule has 0 amide bonds. The number of aromatic nitrogens is 1. The van der Waals surface area contributed by atoms with Gasteiger partial charge < -0.3 is 14.8 Å². The van der Waals surface area contributed by atoms with E-state index in [0.29, 0.717) is 0 Å². The third kappa shape index (κ3) is 3.13. The van der Waals surface area contributed by atoms with Gasteiger partial charge in [0, 0.05) is 51.8 Å². The molecule has 20 heavy (non-hydrogen) atoms. The zero-order chi connectivity index (χ0) is 14.7. The Bertz CT molecular complexity index is 598. The van der Waals surface area contributed by atoms with E-state index in [1.807, 2.05) is 38.0 Å². The van der Waals surface area contributed by atoms with Crippen molar-refractivity contribution in [3.8, 4) is 0 Å². The summed E-state index contributed by atoms with van der Waals surface area (Å²) in [5.74, 6) is 1.00. The Labute approximate surface area is 121 Å². The zero-order valence-corrected chi connectivity index (χ0v) is 13.1. The minimum Gasteiger partial charge on any atom is -0.361 e. The third-order valence-electron chi connectivity index (χ3n) is 3.36. The SMILES string of the molecule is Cc1ccc2c(CCN=C(N(C)C)N(C)C)c[nH]c2c1. The Kier molecular flexibility index (Phi) is 4.32. The molecule has 1 heterocycles. The van der Waals surface area contributed by atoms with Crippen LogP contribution in [0.3, 0.4) is 0 Å². The van der Waals surface area contributed by atoms with Crippen LogP contribution in [0.4, 0.5) is 0 Å². The molecule has 0 aliphatic rings. The first-order chi connectivity index (χ1) is 9.49. The van der Waals surface area contributed by atoms with Crippen LogP contribution in [0.25, 0.3) is 10.9 Å². The summed E-state index contributed by atoms with van der Waals surface area (Å²) in [6.07, 6.45) is 3.05. The summed E-state index contributed by atoms with van der Waals surface area (Å²) >= 11 is 0. The van der Waals surface area contributed by atoms with Crippen LogP contribution in [-0.4, -0.2) is 55.5 Å². The molecule has 0 bridgehead atoms. The average Bonchev–Trinajstić information content (AvgIpc) is 2.76. The standard InChI is InChI=1S/C16H24N4/c1-12-6-7-14-13(11-18-15(14)10-12)8-9-17-16(19(2)3)20(4)5/h6-7,10-11,18H,8-9H2,1-5H3. The second-order valence-electron chi connectivity index (χ2n) is 5.58. The number of hydrogen-bond donors (Lipinski definition) is 1. The quantitative estimate of drug-likeness (QED) is 0.688. The predicted molar refractivity (Wildman–Crippen MR) is 86.4 cm³/mol. The predicted octanol–water partition coefficient (Wildman–Crippen LogP) is 2.50. The Morgan fingerprint density at radius 1 is 1.15 bits per heavy atom. The third-order valence-corrected chi connectivity index (χ3v) is 3.36. The van der Waals surface area contributed by atoms with Gasteiger partial charge >= 0.3 is 0 Å². The number of nitrogens with zero attached hydrogens (tertiary/aromatic N) is 3. The largest absolute Gasteiger partial charge is 0.361 e. The van der Waals surface area contributed by atoms with E-state index in [9.17, 15) is 0 Å². The Morgan fingerprint density at radius 2 is 1.85 bits per heavy atom. The number of hydrogen-bond acceptors (Lipinski definition) is 1. The van der Waals surface area contributed by atoms with Crippen molar-refractivity contribution in [1.82, 2.24) is 14.8 Å². The lowest BCUT2D eigenvalue weighted by atomic mass is 10.1. The smallest absolute Gasteiger partial charge is 0.195 e. The highest BCUT2D eigenvalue weighted by Gasteiger charge is 2.06. The highest BCUT2D eigenvalue weighted by molar-refractivity contribution is 5.84. The minimum atomic E-state index is 0.798. The first-order valence-corrected chi connectivity index (χ1v) is 6.94. The normalized spacial score (nSPS) is 10.7. The number of aliphatic imine (C=N–C) groups is 1. The van der Waals surface area contributed by atoms with Crippen LogP contribution < -0.4 is 0 Å². The maximum atomic E-state index is 4.68. The van der Waals surface area contributed by atoms with Crippen LogP contribution in [-0.2, 0) is 6.42 Å². The fourth-order valence-corrected chi connectivity index (χ4v) is 2.47. The lowest BCUT2D eigenvalue weighted by molar-refractivity contribution is 0.479. The van der Waals surface area contributed by atoms with Gasteiger partial charge in [-0.3, -0.25) is 4.99 Å². The summed E-state index contributed by atoms with van der Waals surface area (Å²) in [5.41, 5.74) is 3.83. The molecule has 1 aromatic heterocycles. The van der Waals surface area contributed by atoms with Crippen LogP contribution in [0.15, 0.2) is 29.4 Å². The van der Waals surface area contributed by atoms with Crippen LogP contribution in [0.2, 0.25) is 0 Å². The fourth-order valence-electron chi connectivity index (χ4n) is 2.47. The van der Waals surface area contributed by atoms with Crippen molar-refractivity contribution in [2.24, 2.45) is 4.99 Å². The second kappa shape index (κ2) is 5.99. The number of rotatable bonds is 3. The van der Waals surface area contributed by atoms with Crippen molar-refractivity contribution in [3.05, 3.63) is 35.5 Å². The Morgan fingerprint density at radius 3 is 2.50 bits per heavy atom. The molecule has 4 nitrogen and oxygen atoms in total. The molecule has 108 valence electrons. The van der Waals surface area contributed by atoms with Gasteiger partial charge in [0.05, 0.1) is 0 Å². The minimum absolute atomic E-state index is 0.798. The van der Waals surface area contributed by atoms with Gasteiger partial charge in [0.2, 0.25) is 0 Å².